The Bertz CT molecular complexity index is 236. The second-order valence-corrected chi connectivity index (χ2v) is 2.94. The predicted octanol–water partition coefficient (Wildman–Crippen LogP) is -0.0890. The summed E-state index contributed by atoms with van der Waals surface area (Å²) in [7, 11) is 0. The summed E-state index contributed by atoms with van der Waals surface area (Å²) in [6.45, 7) is 3.17. The van der Waals surface area contributed by atoms with Crippen molar-refractivity contribution in [2.24, 2.45) is 0 Å². The normalized spacial score (nSPS) is 19.0. The molecule has 1 N–H and O–H groups in total. The first-order valence-corrected chi connectivity index (χ1v) is 4.39. The molecule has 1 rings (SSSR count). The second kappa shape index (κ2) is 4.64. The van der Waals surface area contributed by atoms with E-state index in [1.807, 2.05) is 19.1 Å². The van der Waals surface area contributed by atoms with Crippen LogP contribution in [-0.2, 0) is 9.59 Å². The van der Waals surface area contributed by atoms with Crippen LogP contribution in [0.2, 0.25) is 0 Å². The highest BCUT2D eigenvalue weighted by atomic mass is 16.2. The molecule has 4 nitrogen and oxygen atoms in total. The minimum absolute atomic E-state index is 0.0102. The Labute approximate surface area is 77.6 Å². The molecule has 1 heterocycles. The van der Waals surface area contributed by atoms with Crippen molar-refractivity contribution in [2.75, 3.05) is 19.6 Å². The van der Waals surface area contributed by atoms with Crippen molar-refractivity contribution in [3.05, 3.63) is 12.2 Å². The van der Waals surface area contributed by atoms with E-state index in [4.69, 9.17) is 0 Å². The third kappa shape index (κ3) is 2.89. The van der Waals surface area contributed by atoms with Crippen molar-refractivity contribution in [2.45, 2.75) is 13.3 Å². The fourth-order valence-corrected chi connectivity index (χ4v) is 1.16. The lowest BCUT2D eigenvalue weighted by Gasteiger charge is -2.16. The van der Waals surface area contributed by atoms with Gasteiger partial charge in [0.2, 0.25) is 11.8 Å². The van der Waals surface area contributed by atoms with E-state index in [0.717, 1.165) is 0 Å². The summed E-state index contributed by atoms with van der Waals surface area (Å²) in [5, 5.41) is 2.55. The highest BCUT2D eigenvalue weighted by Crippen LogP contribution is 1.97. The molecule has 0 aromatic carbocycles. The first-order chi connectivity index (χ1) is 6.24. The number of hydrogen-bond acceptors (Lipinski definition) is 2. The summed E-state index contributed by atoms with van der Waals surface area (Å²) in [4.78, 5) is 24.0. The standard InChI is InChI=1S/C9H14N2O2/c1-2-3-5-11-6-4-8(12)10-7-9(11)13/h2-3H,4-7H2,1H3,(H,10,12)/b3-2+. The van der Waals surface area contributed by atoms with Gasteiger partial charge in [-0.15, -0.1) is 0 Å². The average Bonchev–Trinajstić information content (AvgIpc) is 2.28. The number of carbonyl (C=O) groups excluding carboxylic acids is 2. The van der Waals surface area contributed by atoms with Gasteiger partial charge in [0.1, 0.15) is 0 Å². The first kappa shape index (κ1) is 9.77. The van der Waals surface area contributed by atoms with Crippen molar-refractivity contribution < 1.29 is 9.59 Å². The largest absolute Gasteiger partial charge is 0.347 e. The molecule has 1 aliphatic rings. The zero-order chi connectivity index (χ0) is 9.68. The topological polar surface area (TPSA) is 49.4 Å². The second-order valence-electron chi connectivity index (χ2n) is 2.94. The first-order valence-electron chi connectivity index (χ1n) is 4.39. The van der Waals surface area contributed by atoms with E-state index >= 15 is 0 Å². The molecular weight excluding hydrogens is 168 g/mol. The third-order valence-electron chi connectivity index (χ3n) is 1.96. The van der Waals surface area contributed by atoms with E-state index < -0.39 is 0 Å². The Morgan fingerprint density at radius 2 is 2.31 bits per heavy atom. The number of nitrogens with zero attached hydrogens (tertiary/aromatic N) is 1. The van der Waals surface area contributed by atoms with Gasteiger partial charge in [0.15, 0.2) is 0 Å². The zero-order valence-electron chi connectivity index (χ0n) is 7.75. The molecule has 0 aromatic heterocycles. The SMILES string of the molecule is C/C=C/CN1CCC(=O)NCC1=O. The van der Waals surface area contributed by atoms with E-state index in [2.05, 4.69) is 5.32 Å². The van der Waals surface area contributed by atoms with Crippen LogP contribution in [0.5, 0.6) is 0 Å². The molecule has 13 heavy (non-hydrogen) atoms. The molecular formula is C9H14N2O2. The van der Waals surface area contributed by atoms with Crippen LogP contribution in [0.15, 0.2) is 12.2 Å². The molecule has 0 unspecified atom stereocenters. The van der Waals surface area contributed by atoms with Gasteiger partial charge in [0, 0.05) is 19.5 Å². The fraction of sp³-hybridized carbons (Fsp3) is 0.556. The number of nitrogens with one attached hydrogen (secondary N) is 1. The molecule has 0 atom stereocenters. The molecule has 0 saturated carbocycles. The summed E-state index contributed by atoms with van der Waals surface area (Å²) >= 11 is 0. The van der Waals surface area contributed by atoms with Gasteiger partial charge < -0.3 is 10.2 Å². The van der Waals surface area contributed by atoms with Crippen molar-refractivity contribution >= 4 is 11.8 Å². The van der Waals surface area contributed by atoms with Crippen LogP contribution in [0, 0.1) is 0 Å². The van der Waals surface area contributed by atoms with E-state index in [9.17, 15) is 9.59 Å². The van der Waals surface area contributed by atoms with Crippen LogP contribution in [0.4, 0.5) is 0 Å². The van der Waals surface area contributed by atoms with Gasteiger partial charge in [-0.05, 0) is 6.92 Å². The maximum absolute atomic E-state index is 11.3. The summed E-state index contributed by atoms with van der Waals surface area (Å²) in [5.41, 5.74) is 0. The van der Waals surface area contributed by atoms with E-state index in [1.165, 1.54) is 0 Å². The van der Waals surface area contributed by atoms with Gasteiger partial charge in [0.05, 0.1) is 6.54 Å². The highest BCUT2D eigenvalue weighted by Gasteiger charge is 2.18. The Morgan fingerprint density at radius 3 is 3.00 bits per heavy atom. The Balaban J connectivity index is 2.51. The molecule has 1 fully saturated rings. The van der Waals surface area contributed by atoms with Crippen LogP contribution in [0.1, 0.15) is 13.3 Å². The molecule has 0 bridgehead atoms. The molecule has 0 aromatic rings. The lowest BCUT2D eigenvalue weighted by atomic mass is 10.3. The number of amides is 2. The van der Waals surface area contributed by atoms with Crippen molar-refractivity contribution in [3.8, 4) is 0 Å². The summed E-state index contributed by atoms with van der Waals surface area (Å²) < 4.78 is 0. The molecule has 0 aliphatic carbocycles. The number of carbonyl (C=O) groups is 2. The van der Waals surface area contributed by atoms with Crippen LogP contribution in [-0.4, -0.2) is 36.3 Å². The van der Waals surface area contributed by atoms with E-state index in [0.29, 0.717) is 19.5 Å². The highest BCUT2D eigenvalue weighted by molar-refractivity contribution is 5.87. The molecule has 4 heteroatoms. The van der Waals surface area contributed by atoms with Crippen molar-refractivity contribution in [3.63, 3.8) is 0 Å². The monoisotopic (exact) mass is 182 g/mol. The lowest BCUT2D eigenvalue weighted by molar-refractivity contribution is -0.129. The summed E-state index contributed by atoms with van der Waals surface area (Å²) in [6, 6.07) is 0. The van der Waals surface area contributed by atoms with Crippen molar-refractivity contribution in [1.29, 1.82) is 0 Å². The van der Waals surface area contributed by atoms with Crippen LogP contribution >= 0.6 is 0 Å². The maximum atomic E-state index is 11.3. The molecule has 0 spiro atoms. The average molecular weight is 182 g/mol. The Kier molecular flexibility index (Phi) is 3.49. The van der Waals surface area contributed by atoms with E-state index in [-0.39, 0.29) is 18.4 Å². The molecule has 1 saturated heterocycles. The van der Waals surface area contributed by atoms with Crippen LogP contribution < -0.4 is 5.32 Å². The van der Waals surface area contributed by atoms with Gasteiger partial charge in [-0.1, -0.05) is 12.2 Å². The number of rotatable bonds is 2. The molecule has 0 radical (unpaired) electrons. The smallest absolute Gasteiger partial charge is 0.242 e. The molecule has 2 amide bonds. The third-order valence-corrected chi connectivity index (χ3v) is 1.96. The number of allylic oxidation sites excluding steroid dienone is 1. The maximum Gasteiger partial charge on any atom is 0.242 e. The zero-order valence-corrected chi connectivity index (χ0v) is 7.75. The van der Waals surface area contributed by atoms with Crippen LogP contribution in [0.25, 0.3) is 0 Å². The van der Waals surface area contributed by atoms with Gasteiger partial charge in [-0.25, -0.2) is 0 Å². The van der Waals surface area contributed by atoms with Gasteiger partial charge >= 0.3 is 0 Å². The molecule has 72 valence electrons. The van der Waals surface area contributed by atoms with E-state index in [1.54, 1.807) is 4.90 Å². The van der Waals surface area contributed by atoms with Crippen molar-refractivity contribution in [1.82, 2.24) is 10.2 Å². The van der Waals surface area contributed by atoms with Crippen LogP contribution in [0.3, 0.4) is 0 Å². The lowest BCUT2D eigenvalue weighted by Crippen LogP contribution is -2.35. The number of hydrogen-bond donors (Lipinski definition) is 1. The Morgan fingerprint density at radius 1 is 1.54 bits per heavy atom. The molecule has 1 aliphatic heterocycles. The predicted molar refractivity (Wildman–Crippen MR) is 49.0 cm³/mol. The quantitative estimate of drug-likeness (QED) is 0.607. The summed E-state index contributed by atoms with van der Waals surface area (Å²) in [5.74, 6) is -0.0553. The Hall–Kier alpha value is -1.32. The van der Waals surface area contributed by atoms with Gasteiger partial charge in [0.25, 0.3) is 0 Å². The minimum atomic E-state index is -0.0451. The minimum Gasteiger partial charge on any atom is -0.347 e. The fourth-order valence-electron chi connectivity index (χ4n) is 1.16. The van der Waals surface area contributed by atoms with Gasteiger partial charge in [-0.2, -0.15) is 0 Å². The summed E-state index contributed by atoms with van der Waals surface area (Å²) in [6.07, 6.45) is 4.21. The van der Waals surface area contributed by atoms with Gasteiger partial charge in [-0.3, -0.25) is 9.59 Å².